The Morgan fingerprint density at radius 2 is 1.90 bits per heavy atom. The van der Waals surface area contributed by atoms with Gasteiger partial charge in [0.2, 0.25) is 0 Å². The first-order valence-corrected chi connectivity index (χ1v) is 7.75. The molecule has 2 nitrogen and oxygen atoms in total. The average molecular weight is 273 g/mol. The molecular formula is C18H27NO. The maximum atomic E-state index is 12.2. The van der Waals surface area contributed by atoms with Crippen molar-refractivity contribution in [2.24, 2.45) is 11.3 Å². The first-order valence-electron chi connectivity index (χ1n) is 7.75. The Morgan fingerprint density at radius 3 is 2.50 bits per heavy atom. The highest BCUT2D eigenvalue weighted by molar-refractivity contribution is 5.82. The van der Waals surface area contributed by atoms with E-state index in [0.29, 0.717) is 11.2 Å². The van der Waals surface area contributed by atoms with Crippen molar-refractivity contribution in [2.75, 3.05) is 18.0 Å². The number of aryl methyl sites for hydroxylation is 1. The van der Waals surface area contributed by atoms with Crippen molar-refractivity contribution in [1.29, 1.82) is 0 Å². The van der Waals surface area contributed by atoms with Crippen LogP contribution in [-0.4, -0.2) is 18.9 Å². The van der Waals surface area contributed by atoms with Crippen molar-refractivity contribution >= 4 is 11.5 Å². The van der Waals surface area contributed by atoms with Gasteiger partial charge in [-0.1, -0.05) is 31.5 Å². The first-order chi connectivity index (χ1) is 9.41. The topological polar surface area (TPSA) is 20.3 Å². The molecule has 0 radical (unpaired) electrons. The van der Waals surface area contributed by atoms with Gasteiger partial charge in [-0.2, -0.15) is 0 Å². The number of carbonyl (C=O) groups excluding carboxylic acids is 1. The molecule has 110 valence electrons. The van der Waals surface area contributed by atoms with Crippen molar-refractivity contribution in [3.05, 3.63) is 29.8 Å². The summed E-state index contributed by atoms with van der Waals surface area (Å²) in [5.74, 6) is 0.648. The summed E-state index contributed by atoms with van der Waals surface area (Å²) in [7, 11) is 0. The minimum Gasteiger partial charge on any atom is -0.371 e. The largest absolute Gasteiger partial charge is 0.371 e. The van der Waals surface area contributed by atoms with E-state index in [1.165, 1.54) is 11.3 Å². The molecule has 0 bridgehead atoms. The van der Waals surface area contributed by atoms with Crippen LogP contribution in [0.25, 0.3) is 0 Å². The smallest absolute Gasteiger partial charge is 0.137 e. The number of benzene rings is 1. The molecule has 1 fully saturated rings. The lowest BCUT2D eigenvalue weighted by atomic mass is 9.71. The van der Waals surface area contributed by atoms with Gasteiger partial charge in [0.05, 0.1) is 0 Å². The zero-order valence-corrected chi connectivity index (χ0v) is 13.3. The predicted octanol–water partition coefficient (Wildman–Crippen LogP) is 4.22. The van der Waals surface area contributed by atoms with Gasteiger partial charge >= 0.3 is 0 Å². The van der Waals surface area contributed by atoms with Crippen LogP contribution >= 0.6 is 0 Å². The number of rotatable bonds is 4. The highest BCUT2D eigenvalue weighted by Crippen LogP contribution is 2.37. The van der Waals surface area contributed by atoms with Crippen molar-refractivity contribution in [3.63, 3.8) is 0 Å². The van der Waals surface area contributed by atoms with E-state index in [0.717, 1.165) is 32.4 Å². The molecular weight excluding hydrogens is 246 g/mol. The Hall–Kier alpha value is -1.31. The number of hydrogen-bond donors (Lipinski definition) is 0. The van der Waals surface area contributed by atoms with Gasteiger partial charge in [-0.05, 0) is 44.2 Å². The standard InChI is InChI=1S/C18H27NO/c1-5-19(16-8-6-14(2)7-9-16)13-15-12-18(3,4)11-10-17(15)20/h6-9,15H,5,10-13H2,1-4H3. The highest BCUT2D eigenvalue weighted by atomic mass is 16.1. The molecule has 0 N–H and O–H groups in total. The fraction of sp³-hybridized carbons (Fsp3) is 0.611. The molecule has 0 aliphatic heterocycles. The fourth-order valence-corrected chi connectivity index (χ4v) is 3.15. The number of ketones is 1. The molecule has 1 aliphatic carbocycles. The van der Waals surface area contributed by atoms with E-state index in [-0.39, 0.29) is 5.92 Å². The van der Waals surface area contributed by atoms with Crippen molar-refractivity contribution in [2.45, 2.75) is 47.0 Å². The predicted molar refractivity (Wildman–Crippen MR) is 85.2 cm³/mol. The molecule has 1 aromatic rings. The summed E-state index contributed by atoms with van der Waals surface area (Å²) in [5.41, 5.74) is 2.82. The van der Waals surface area contributed by atoms with E-state index in [1.807, 2.05) is 0 Å². The van der Waals surface area contributed by atoms with Gasteiger partial charge in [0.25, 0.3) is 0 Å². The van der Waals surface area contributed by atoms with E-state index in [2.05, 4.69) is 56.9 Å². The highest BCUT2D eigenvalue weighted by Gasteiger charge is 2.34. The molecule has 0 aromatic heterocycles. The molecule has 0 spiro atoms. The summed E-state index contributed by atoms with van der Waals surface area (Å²) in [6.07, 6.45) is 2.82. The van der Waals surface area contributed by atoms with Crippen molar-refractivity contribution in [1.82, 2.24) is 0 Å². The Bertz CT molecular complexity index is 461. The number of hydrogen-bond acceptors (Lipinski definition) is 2. The Balaban J connectivity index is 2.09. The van der Waals surface area contributed by atoms with Gasteiger partial charge in [-0.3, -0.25) is 4.79 Å². The normalized spacial score (nSPS) is 21.8. The van der Waals surface area contributed by atoms with E-state index in [1.54, 1.807) is 0 Å². The van der Waals surface area contributed by atoms with Crippen LogP contribution in [0, 0.1) is 18.3 Å². The molecule has 2 rings (SSSR count). The second-order valence-electron chi connectivity index (χ2n) is 6.91. The van der Waals surface area contributed by atoms with Crippen LogP contribution in [0.15, 0.2) is 24.3 Å². The summed E-state index contributed by atoms with van der Waals surface area (Å²) < 4.78 is 0. The summed E-state index contributed by atoms with van der Waals surface area (Å²) in [6.45, 7) is 10.7. The minimum absolute atomic E-state index is 0.194. The van der Waals surface area contributed by atoms with Crippen LogP contribution in [0.4, 0.5) is 5.69 Å². The van der Waals surface area contributed by atoms with E-state index in [9.17, 15) is 4.79 Å². The summed E-state index contributed by atoms with van der Waals surface area (Å²) in [5, 5.41) is 0. The van der Waals surface area contributed by atoms with E-state index >= 15 is 0 Å². The first kappa shape index (κ1) is 15.1. The summed E-state index contributed by atoms with van der Waals surface area (Å²) in [6, 6.07) is 8.61. The maximum Gasteiger partial charge on any atom is 0.137 e. The maximum absolute atomic E-state index is 12.2. The van der Waals surface area contributed by atoms with Crippen LogP contribution in [-0.2, 0) is 4.79 Å². The zero-order valence-electron chi connectivity index (χ0n) is 13.3. The van der Waals surface area contributed by atoms with Crippen molar-refractivity contribution in [3.8, 4) is 0 Å². The van der Waals surface area contributed by atoms with E-state index in [4.69, 9.17) is 0 Å². The van der Waals surface area contributed by atoms with Gasteiger partial charge < -0.3 is 4.90 Å². The van der Waals surface area contributed by atoms with Crippen LogP contribution in [0.5, 0.6) is 0 Å². The van der Waals surface area contributed by atoms with Gasteiger partial charge in [0.15, 0.2) is 0 Å². The summed E-state index contributed by atoms with van der Waals surface area (Å²) >= 11 is 0. The average Bonchev–Trinajstić information content (AvgIpc) is 2.41. The third kappa shape index (κ3) is 3.62. The van der Waals surface area contributed by atoms with E-state index < -0.39 is 0 Å². The third-order valence-corrected chi connectivity index (χ3v) is 4.52. The molecule has 2 heteroatoms. The second-order valence-corrected chi connectivity index (χ2v) is 6.91. The van der Waals surface area contributed by atoms with Crippen LogP contribution in [0.2, 0.25) is 0 Å². The number of carbonyl (C=O) groups is 1. The molecule has 0 heterocycles. The van der Waals surface area contributed by atoms with Gasteiger partial charge in [0, 0.05) is 31.1 Å². The molecule has 1 aromatic carbocycles. The third-order valence-electron chi connectivity index (χ3n) is 4.52. The summed E-state index contributed by atoms with van der Waals surface area (Å²) in [4.78, 5) is 14.5. The van der Waals surface area contributed by atoms with Gasteiger partial charge in [-0.25, -0.2) is 0 Å². The van der Waals surface area contributed by atoms with Crippen LogP contribution in [0.1, 0.15) is 45.6 Å². The molecule has 0 amide bonds. The zero-order chi connectivity index (χ0) is 14.8. The second kappa shape index (κ2) is 5.99. The monoisotopic (exact) mass is 273 g/mol. The molecule has 1 aliphatic rings. The Labute approximate surface area is 123 Å². The Kier molecular flexibility index (Phi) is 4.52. The van der Waals surface area contributed by atoms with Gasteiger partial charge in [0.1, 0.15) is 5.78 Å². The number of anilines is 1. The van der Waals surface area contributed by atoms with Crippen LogP contribution in [0.3, 0.4) is 0 Å². The van der Waals surface area contributed by atoms with Crippen molar-refractivity contribution < 1.29 is 4.79 Å². The van der Waals surface area contributed by atoms with Gasteiger partial charge in [-0.15, -0.1) is 0 Å². The number of Topliss-reactive ketones (excluding diaryl/α,β-unsaturated/α-hetero) is 1. The molecule has 1 saturated carbocycles. The fourth-order valence-electron chi connectivity index (χ4n) is 3.15. The molecule has 1 unspecified atom stereocenters. The molecule has 1 atom stereocenters. The number of nitrogens with zero attached hydrogens (tertiary/aromatic N) is 1. The van der Waals surface area contributed by atoms with Crippen LogP contribution < -0.4 is 4.90 Å². The molecule has 20 heavy (non-hydrogen) atoms. The SMILES string of the molecule is CCN(CC1CC(C)(C)CCC1=O)c1ccc(C)cc1. The lowest BCUT2D eigenvalue weighted by Crippen LogP contribution is -2.39. The lowest BCUT2D eigenvalue weighted by Gasteiger charge is -2.37. The molecule has 0 saturated heterocycles. The lowest BCUT2D eigenvalue weighted by molar-refractivity contribution is -0.126. The Morgan fingerprint density at radius 1 is 1.25 bits per heavy atom. The quantitative estimate of drug-likeness (QED) is 0.818. The minimum atomic E-state index is 0.194.